The first kappa shape index (κ1) is 14.6. The summed E-state index contributed by atoms with van der Waals surface area (Å²) < 4.78 is 4.63. The van der Waals surface area contributed by atoms with Crippen LogP contribution in [0.2, 0.25) is 10.0 Å². The lowest BCUT2D eigenvalue weighted by atomic mass is 10.1. The first-order valence-corrected chi connectivity index (χ1v) is 6.52. The fourth-order valence-corrected chi connectivity index (χ4v) is 2.10. The predicted octanol–water partition coefficient (Wildman–Crippen LogP) is 4.53. The molecule has 3 nitrogen and oxygen atoms in total. The SMILES string of the molecule is COC(=O)c1ccc(C=Nc2cc(Cl)cc(Cl)c2)cc1. The van der Waals surface area contributed by atoms with Crippen molar-refractivity contribution in [3.05, 3.63) is 63.6 Å². The van der Waals surface area contributed by atoms with Gasteiger partial charge in [-0.05, 0) is 35.9 Å². The van der Waals surface area contributed by atoms with Crippen molar-refractivity contribution in [2.75, 3.05) is 7.11 Å². The van der Waals surface area contributed by atoms with Crippen LogP contribution in [-0.2, 0) is 4.74 Å². The molecule has 20 heavy (non-hydrogen) atoms. The van der Waals surface area contributed by atoms with E-state index in [1.807, 2.05) is 0 Å². The molecule has 0 unspecified atom stereocenters. The minimum atomic E-state index is -0.366. The third-order valence-corrected chi connectivity index (χ3v) is 2.98. The molecule has 0 aromatic heterocycles. The van der Waals surface area contributed by atoms with E-state index in [0.717, 1.165) is 5.56 Å². The molecule has 0 bridgehead atoms. The third kappa shape index (κ3) is 3.83. The molecule has 0 heterocycles. The van der Waals surface area contributed by atoms with E-state index in [0.29, 0.717) is 21.3 Å². The van der Waals surface area contributed by atoms with Gasteiger partial charge in [0.2, 0.25) is 0 Å². The number of aliphatic imine (C=N–C) groups is 1. The maximum Gasteiger partial charge on any atom is 0.337 e. The van der Waals surface area contributed by atoms with Crippen molar-refractivity contribution in [2.45, 2.75) is 0 Å². The number of hydrogen-bond donors (Lipinski definition) is 0. The zero-order valence-corrected chi connectivity index (χ0v) is 12.2. The fraction of sp³-hybridized carbons (Fsp3) is 0.0667. The van der Waals surface area contributed by atoms with Gasteiger partial charge in [0, 0.05) is 16.3 Å². The van der Waals surface area contributed by atoms with Crippen molar-refractivity contribution in [3.63, 3.8) is 0 Å². The molecule has 0 atom stereocenters. The molecular weight excluding hydrogens is 297 g/mol. The summed E-state index contributed by atoms with van der Waals surface area (Å²) in [4.78, 5) is 15.6. The fourth-order valence-electron chi connectivity index (χ4n) is 1.59. The van der Waals surface area contributed by atoms with Crippen LogP contribution in [0.15, 0.2) is 47.5 Å². The number of benzene rings is 2. The molecule has 0 N–H and O–H groups in total. The second-order valence-electron chi connectivity index (χ2n) is 4.00. The Balaban J connectivity index is 2.17. The standard InChI is InChI=1S/C15H11Cl2NO2/c1-20-15(19)11-4-2-10(3-5-11)9-18-14-7-12(16)6-13(17)8-14/h2-9H,1H3. The second kappa shape index (κ2) is 6.55. The molecule has 2 aromatic carbocycles. The number of carbonyl (C=O) groups is 1. The van der Waals surface area contributed by atoms with Crippen molar-refractivity contribution in [1.82, 2.24) is 0 Å². The topological polar surface area (TPSA) is 38.7 Å². The van der Waals surface area contributed by atoms with Crippen LogP contribution >= 0.6 is 23.2 Å². The minimum Gasteiger partial charge on any atom is -0.465 e. The van der Waals surface area contributed by atoms with Gasteiger partial charge >= 0.3 is 5.97 Å². The van der Waals surface area contributed by atoms with Crippen LogP contribution < -0.4 is 0 Å². The number of ether oxygens (including phenoxy) is 1. The summed E-state index contributed by atoms with van der Waals surface area (Å²) in [6, 6.07) is 12.0. The largest absolute Gasteiger partial charge is 0.465 e. The Morgan fingerprint density at radius 1 is 1.10 bits per heavy atom. The molecule has 5 heteroatoms. The predicted molar refractivity (Wildman–Crippen MR) is 81.5 cm³/mol. The van der Waals surface area contributed by atoms with Crippen LogP contribution in [0.3, 0.4) is 0 Å². The maximum absolute atomic E-state index is 11.3. The molecule has 0 amide bonds. The minimum absolute atomic E-state index is 0.366. The first-order chi connectivity index (χ1) is 9.58. The number of hydrogen-bond acceptors (Lipinski definition) is 3. The number of methoxy groups -OCH3 is 1. The highest BCUT2D eigenvalue weighted by Crippen LogP contribution is 2.24. The Bertz CT molecular complexity index is 631. The molecule has 0 aliphatic rings. The zero-order chi connectivity index (χ0) is 14.5. The highest BCUT2D eigenvalue weighted by Gasteiger charge is 2.03. The summed E-state index contributed by atoms with van der Waals surface area (Å²) >= 11 is 11.8. The lowest BCUT2D eigenvalue weighted by molar-refractivity contribution is 0.0601. The number of halogens is 2. The van der Waals surface area contributed by atoms with Crippen LogP contribution in [0.25, 0.3) is 0 Å². The van der Waals surface area contributed by atoms with Gasteiger partial charge in [0.05, 0.1) is 18.4 Å². The average Bonchev–Trinajstić information content (AvgIpc) is 2.44. The van der Waals surface area contributed by atoms with Crippen LogP contribution in [0.4, 0.5) is 5.69 Å². The van der Waals surface area contributed by atoms with Gasteiger partial charge in [-0.15, -0.1) is 0 Å². The van der Waals surface area contributed by atoms with Gasteiger partial charge < -0.3 is 4.74 Å². The molecule has 0 saturated carbocycles. The van der Waals surface area contributed by atoms with E-state index >= 15 is 0 Å². The number of carbonyl (C=O) groups excluding carboxylic acids is 1. The summed E-state index contributed by atoms with van der Waals surface area (Å²) in [5, 5.41) is 1.07. The van der Waals surface area contributed by atoms with Crippen molar-refractivity contribution in [2.24, 2.45) is 4.99 Å². The Hall–Kier alpha value is -1.84. The smallest absolute Gasteiger partial charge is 0.337 e. The van der Waals surface area contributed by atoms with Crippen molar-refractivity contribution < 1.29 is 9.53 Å². The van der Waals surface area contributed by atoms with Gasteiger partial charge in [-0.3, -0.25) is 4.99 Å². The van der Waals surface area contributed by atoms with E-state index in [2.05, 4.69) is 9.73 Å². The summed E-state index contributed by atoms with van der Waals surface area (Å²) in [5.41, 5.74) is 2.02. The molecule has 102 valence electrons. The van der Waals surface area contributed by atoms with Crippen LogP contribution in [0, 0.1) is 0 Å². The van der Waals surface area contributed by atoms with Gasteiger partial charge in [-0.2, -0.15) is 0 Å². The Morgan fingerprint density at radius 2 is 1.70 bits per heavy atom. The van der Waals surface area contributed by atoms with E-state index in [9.17, 15) is 4.79 Å². The molecule has 0 aliphatic carbocycles. The van der Waals surface area contributed by atoms with Gasteiger partial charge in [-0.1, -0.05) is 35.3 Å². The summed E-state index contributed by atoms with van der Waals surface area (Å²) in [6.07, 6.45) is 1.67. The zero-order valence-electron chi connectivity index (χ0n) is 10.6. The molecule has 2 aromatic rings. The Kier molecular flexibility index (Phi) is 4.77. The highest BCUT2D eigenvalue weighted by molar-refractivity contribution is 6.35. The quantitative estimate of drug-likeness (QED) is 0.617. The normalized spacial score (nSPS) is 10.8. The van der Waals surface area contributed by atoms with Crippen molar-refractivity contribution in [3.8, 4) is 0 Å². The van der Waals surface area contributed by atoms with E-state index in [1.165, 1.54) is 7.11 Å². The van der Waals surface area contributed by atoms with Crippen molar-refractivity contribution in [1.29, 1.82) is 0 Å². The van der Waals surface area contributed by atoms with Crippen LogP contribution in [0.5, 0.6) is 0 Å². The highest BCUT2D eigenvalue weighted by atomic mass is 35.5. The number of nitrogens with zero attached hydrogens (tertiary/aromatic N) is 1. The molecule has 2 rings (SSSR count). The summed E-state index contributed by atoms with van der Waals surface area (Å²) in [7, 11) is 1.35. The number of rotatable bonds is 3. The van der Waals surface area contributed by atoms with Crippen LogP contribution in [0.1, 0.15) is 15.9 Å². The second-order valence-corrected chi connectivity index (χ2v) is 4.87. The van der Waals surface area contributed by atoms with Gasteiger partial charge in [-0.25, -0.2) is 4.79 Å². The molecule has 0 spiro atoms. The maximum atomic E-state index is 11.3. The third-order valence-electron chi connectivity index (χ3n) is 2.54. The molecule has 0 radical (unpaired) electrons. The lowest BCUT2D eigenvalue weighted by Gasteiger charge is -2.00. The van der Waals surface area contributed by atoms with Gasteiger partial charge in [0.25, 0.3) is 0 Å². The first-order valence-electron chi connectivity index (χ1n) is 5.77. The summed E-state index contributed by atoms with van der Waals surface area (Å²) in [6.45, 7) is 0. The van der Waals surface area contributed by atoms with Crippen LogP contribution in [-0.4, -0.2) is 19.3 Å². The molecular formula is C15H11Cl2NO2. The molecule has 0 saturated heterocycles. The Morgan fingerprint density at radius 3 is 2.25 bits per heavy atom. The monoisotopic (exact) mass is 307 g/mol. The average molecular weight is 308 g/mol. The number of esters is 1. The van der Waals surface area contributed by atoms with E-state index in [1.54, 1.807) is 48.7 Å². The van der Waals surface area contributed by atoms with Gasteiger partial charge in [0.1, 0.15) is 0 Å². The molecule has 0 fully saturated rings. The Labute approximate surface area is 126 Å². The van der Waals surface area contributed by atoms with E-state index in [4.69, 9.17) is 23.2 Å². The van der Waals surface area contributed by atoms with Crippen molar-refractivity contribution >= 4 is 41.1 Å². The molecule has 0 aliphatic heterocycles. The van der Waals surface area contributed by atoms with E-state index in [-0.39, 0.29) is 5.97 Å². The van der Waals surface area contributed by atoms with Gasteiger partial charge in [0.15, 0.2) is 0 Å². The lowest BCUT2D eigenvalue weighted by Crippen LogP contribution is -2.00. The van der Waals surface area contributed by atoms with E-state index < -0.39 is 0 Å². The summed E-state index contributed by atoms with van der Waals surface area (Å²) in [5.74, 6) is -0.366.